The molecule has 2 aliphatic rings. The van der Waals surface area contributed by atoms with Crippen molar-refractivity contribution in [1.82, 2.24) is 40.5 Å². The Kier molecular flexibility index (Phi) is 6.46. The van der Waals surface area contributed by atoms with Crippen LogP contribution < -0.4 is 10.6 Å². The van der Waals surface area contributed by atoms with Gasteiger partial charge < -0.3 is 20.6 Å². The van der Waals surface area contributed by atoms with Crippen molar-refractivity contribution in [2.24, 2.45) is 0 Å². The Balaban J connectivity index is 0.00000252. The quantitative estimate of drug-likeness (QED) is 0.253. The fourth-order valence-corrected chi connectivity index (χ4v) is 5.29. The summed E-state index contributed by atoms with van der Waals surface area (Å²) in [5, 5.41) is 6.99. The molecule has 0 aliphatic carbocycles. The summed E-state index contributed by atoms with van der Waals surface area (Å²) >= 11 is 0. The summed E-state index contributed by atoms with van der Waals surface area (Å²) in [6, 6.07) is 15.2. The van der Waals surface area contributed by atoms with Gasteiger partial charge in [0.05, 0.1) is 46.4 Å². The molecule has 0 saturated carbocycles. The highest BCUT2D eigenvalue weighted by Crippen LogP contribution is 2.28. The molecule has 8 nitrogen and oxygen atoms in total. The van der Waals surface area contributed by atoms with Gasteiger partial charge in [-0.3, -0.25) is 9.97 Å². The third kappa shape index (κ3) is 4.64. The van der Waals surface area contributed by atoms with E-state index in [9.17, 15) is 0 Å². The van der Waals surface area contributed by atoms with Crippen molar-refractivity contribution >= 4 is 23.4 Å². The predicted octanol–water partition coefficient (Wildman–Crippen LogP) is 5.35. The van der Waals surface area contributed by atoms with E-state index in [1.807, 2.05) is 24.7 Å². The highest BCUT2D eigenvalue weighted by molar-refractivity contribution is 5.85. The lowest BCUT2D eigenvalue weighted by molar-refractivity contribution is 0.613. The molecule has 0 unspecified atom stereocenters. The average Bonchev–Trinajstić information content (AvgIpc) is 3.75. The molecule has 2 fully saturated rings. The second kappa shape index (κ2) is 10.0. The zero-order chi connectivity index (χ0) is 23.9. The summed E-state index contributed by atoms with van der Waals surface area (Å²) in [4.78, 5) is 25.7. The topological polar surface area (TPSA) is 107 Å². The van der Waals surface area contributed by atoms with Crippen LogP contribution in [0.25, 0.3) is 44.8 Å². The van der Waals surface area contributed by atoms with E-state index in [2.05, 4.69) is 62.0 Å². The second-order valence-electron chi connectivity index (χ2n) is 9.70. The van der Waals surface area contributed by atoms with Gasteiger partial charge in [0, 0.05) is 29.1 Å². The van der Waals surface area contributed by atoms with Crippen LogP contribution in [0.2, 0.25) is 0 Å². The van der Waals surface area contributed by atoms with Gasteiger partial charge in [-0.1, -0.05) is 6.07 Å². The molecule has 2 aliphatic heterocycles. The molecule has 2 atom stereocenters. The number of imidazole rings is 2. The van der Waals surface area contributed by atoms with E-state index < -0.39 is 0 Å². The van der Waals surface area contributed by atoms with Crippen molar-refractivity contribution in [3.05, 3.63) is 72.7 Å². The monoisotopic (exact) mass is 512 g/mol. The van der Waals surface area contributed by atoms with E-state index in [1.165, 1.54) is 12.8 Å². The molecule has 4 N–H and O–H groups in total. The van der Waals surface area contributed by atoms with E-state index in [0.29, 0.717) is 12.1 Å². The molecule has 0 spiro atoms. The molecule has 9 heteroatoms. The molecule has 1 aromatic carbocycles. The largest absolute Gasteiger partial charge is 0.341 e. The summed E-state index contributed by atoms with van der Waals surface area (Å²) < 4.78 is 0. The Labute approximate surface area is 221 Å². The number of benzene rings is 1. The number of hydrogen-bond acceptors (Lipinski definition) is 6. The predicted molar refractivity (Wildman–Crippen MR) is 147 cm³/mol. The number of hydrogen-bond donors (Lipinski definition) is 4. The molecule has 2 saturated heterocycles. The smallest absolute Gasteiger partial charge is 0.124 e. The minimum Gasteiger partial charge on any atom is -0.341 e. The van der Waals surface area contributed by atoms with Crippen molar-refractivity contribution in [2.75, 3.05) is 13.1 Å². The second-order valence-corrected chi connectivity index (χ2v) is 9.70. The summed E-state index contributed by atoms with van der Waals surface area (Å²) in [5.41, 5.74) is 7.94. The third-order valence-electron chi connectivity index (χ3n) is 7.31. The summed E-state index contributed by atoms with van der Waals surface area (Å²) in [6.45, 7) is 2.11. The van der Waals surface area contributed by atoms with Gasteiger partial charge in [-0.25, -0.2) is 9.97 Å². The molecule has 5 aromatic rings. The first kappa shape index (κ1) is 23.8. The van der Waals surface area contributed by atoms with Crippen LogP contribution in [0.1, 0.15) is 49.4 Å². The maximum atomic E-state index is 4.78. The molecule has 0 bridgehead atoms. The first-order valence-corrected chi connectivity index (χ1v) is 12.7. The maximum Gasteiger partial charge on any atom is 0.124 e. The minimum absolute atomic E-state index is 0. The maximum absolute atomic E-state index is 4.78. The number of pyridine rings is 2. The number of aromatic amines is 2. The number of fused-ring (bicyclic) bond motifs is 1. The summed E-state index contributed by atoms with van der Waals surface area (Å²) in [6.07, 6.45) is 10.3. The highest BCUT2D eigenvalue weighted by Gasteiger charge is 2.20. The van der Waals surface area contributed by atoms with E-state index in [-0.39, 0.29) is 12.4 Å². The van der Waals surface area contributed by atoms with Gasteiger partial charge in [0.25, 0.3) is 0 Å². The van der Waals surface area contributed by atoms with Gasteiger partial charge in [0.1, 0.15) is 11.6 Å². The molecule has 6 heterocycles. The van der Waals surface area contributed by atoms with Crippen LogP contribution in [0.5, 0.6) is 0 Å². The fourth-order valence-electron chi connectivity index (χ4n) is 5.29. The fraction of sp³-hybridized carbons (Fsp3) is 0.286. The van der Waals surface area contributed by atoms with Crippen molar-refractivity contribution < 1.29 is 0 Å². The molecule has 188 valence electrons. The molecule has 4 aromatic heterocycles. The van der Waals surface area contributed by atoms with E-state index in [0.717, 1.165) is 82.4 Å². The van der Waals surface area contributed by atoms with Crippen LogP contribution >= 0.6 is 12.4 Å². The molecule has 0 radical (unpaired) electrons. The van der Waals surface area contributed by atoms with Gasteiger partial charge in [0.15, 0.2) is 0 Å². The van der Waals surface area contributed by atoms with E-state index >= 15 is 0 Å². The lowest BCUT2D eigenvalue weighted by atomic mass is 10.1. The zero-order valence-corrected chi connectivity index (χ0v) is 21.2. The van der Waals surface area contributed by atoms with Crippen LogP contribution in [-0.2, 0) is 0 Å². The van der Waals surface area contributed by atoms with Crippen molar-refractivity contribution in [2.45, 2.75) is 37.8 Å². The zero-order valence-electron chi connectivity index (χ0n) is 20.4. The third-order valence-corrected chi connectivity index (χ3v) is 7.31. The van der Waals surface area contributed by atoms with Crippen molar-refractivity contribution in [3.8, 4) is 33.8 Å². The molecular formula is C28H29ClN8. The number of rotatable bonds is 5. The normalized spacial score (nSPS) is 19.4. The highest BCUT2D eigenvalue weighted by atomic mass is 35.5. The number of aromatic nitrogens is 6. The Morgan fingerprint density at radius 1 is 0.649 bits per heavy atom. The Morgan fingerprint density at radius 3 is 2.00 bits per heavy atom. The Bertz CT molecular complexity index is 1490. The van der Waals surface area contributed by atoms with Crippen molar-refractivity contribution in [1.29, 1.82) is 0 Å². The number of nitrogens with one attached hydrogen (secondary N) is 4. The van der Waals surface area contributed by atoms with Crippen LogP contribution in [0.4, 0.5) is 0 Å². The van der Waals surface area contributed by atoms with Crippen molar-refractivity contribution in [3.63, 3.8) is 0 Å². The number of nitrogens with zero attached hydrogens (tertiary/aromatic N) is 4. The van der Waals surface area contributed by atoms with E-state index in [4.69, 9.17) is 15.0 Å². The molecule has 7 rings (SSSR count). The summed E-state index contributed by atoms with van der Waals surface area (Å²) in [5.74, 6) is 2.03. The van der Waals surface area contributed by atoms with Gasteiger partial charge in [-0.15, -0.1) is 12.4 Å². The van der Waals surface area contributed by atoms with Gasteiger partial charge in [-0.2, -0.15) is 0 Å². The average molecular weight is 513 g/mol. The van der Waals surface area contributed by atoms with E-state index in [1.54, 1.807) is 0 Å². The Hall–Kier alpha value is -3.59. The van der Waals surface area contributed by atoms with Gasteiger partial charge >= 0.3 is 0 Å². The van der Waals surface area contributed by atoms with Crippen LogP contribution in [0.15, 0.2) is 61.1 Å². The SMILES string of the molecule is Cl.c1cc(-c2ccc3nc([C@@H]4CCCN4)[nH]c3c2)ncc1-c1ccc(-c2cnc([C@@H]3CCCN3)[nH]2)cn1. The number of H-pyrrole nitrogens is 2. The van der Waals surface area contributed by atoms with Crippen LogP contribution in [0.3, 0.4) is 0 Å². The lowest BCUT2D eigenvalue weighted by Gasteiger charge is -2.06. The standard InChI is InChI=1S/C28H28N8.ClH/c1-3-23(29-11-1)27-33-16-26(36-27)19-7-9-21(32-15-19)18-6-8-20(31-14-18)17-5-10-22-25(13-17)35-28(34-22)24-4-2-12-30-24;/h5-10,13-16,23-24,29-30H,1-4,11-12H2,(H,33,36)(H,34,35);1H/t23-,24-;/m0./s1. The van der Waals surface area contributed by atoms with Crippen LogP contribution in [0, 0.1) is 0 Å². The first-order valence-electron chi connectivity index (χ1n) is 12.7. The van der Waals surface area contributed by atoms with Gasteiger partial charge in [0.2, 0.25) is 0 Å². The first-order chi connectivity index (χ1) is 17.8. The molecular weight excluding hydrogens is 484 g/mol. The minimum atomic E-state index is 0. The lowest BCUT2D eigenvalue weighted by Crippen LogP contribution is -2.14. The Morgan fingerprint density at radius 2 is 1.32 bits per heavy atom. The molecule has 0 amide bonds. The number of halogens is 1. The van der Waals surface area contributed by atoms with Crippen LogP contribution in [-0.4, -0.2) is 43.0 Å². The summed E-state index contributed by atoms with van der Waals surface area (Å²) in [7, 11) is 0. The molecule has 37 heavy (non-hydrogen) atoms. The van der Waals surface area contributed by atoms with Gasteiger partial charge in [-0.05, 0) is 75.2 Å².